The van der Waals surface area contributed by atoms with Crippen molar-refractivity contribution in [3.05, 3.63) is 65.5 Å². The topological polar surface area (TPSA) is 29.3 Å². The molecule has 0 amide bonds. The Kier molecular flexibility index (Phi) is 3.70. The van der Waals surface area contributed by atoms with E-state index in [1.165, 1.54) is 17.5 Å². The lowest BCUT2D eigenvalue weighted by Gasteiger charge is -2.25. The van der Waals surface area contributed by atoms with E-state index in [-0.39, 0.29) is 5.82 Å². The molecular weight excluding hydrogens is 251 g/mol. The van der Waals surface area contributed by atoms with Gasteiger partial charge in [0, 0.05) is 18.3 Å². The zero-order chi connectivity index (χ0) is 13.9. The molecule has 1 aliphatic heterocycles. The van der Waals surface area contributed by atoms with Crippen LogP contribution in [0, 0.1) is 5.82 Å². The van der Waals surface area contributed by atoms with Gasteiger partial charge < -0.3 is 5.73 Å². The summed E-state index contributed by atoms with van der Waals surface area (Å²) in [5.41, 5.74) is 9.08. The first kappa shape index (κ1) is 13.1. The van der Waals surface area contributed by atoms with Crippen LogP contribution in [0.15, 0.2) is 48.5 Å². The van der Waals surface area contributed by atoms with Crippen LogP contribution in [0.4, 0.5) is 10.1 Å². The van der Waals surface area contributed by atoms with E-state index < -0.39 is 0 Å². The van der Waals surface area contributed by atoms with Crippen molar-refractivity contribution in [3.63, 3.8) is 0 Å². The lowest BCUT2D eigenvalue weighted by Crippen LogP contribution is -2.22. The molecule has 0 aromatic heterocycles. The fraction of sp³-hybridized carbons (Fsp3) is 0.294. The highest BCUT2D eigenvalue weighted by molar-refractivity contribution is 5.40. The summed E-state index contributed by atoms with van der Waals surface area (Å²) >= 11 is 0. The molecule has 1 heterocycles. The average molecular weight is 270 g/mol. The van der Waals surface area contributed by atoms with Gasteiger partial charge in [0.05, 0.1) is 0 Å². The van der Waals surface area contributed by atoms with E-state index in [0.29, 0.717) is 6.04 Å². The van der Waals surface area contributed by atoms with E-state index in [2.05, 4.69) is 11.0 Å². The molecule has 0 saturated carbocycles. The smallest absolute Gasteiger partial charge is 0.123 e. The Bertz CT molecular complexity index is 580. The van der Waals surface area contributed by atoms with E-state index in [9.17, 15) is 4.39 Å². The minimum absolute atomic E-state index is 0.172. The predicted molar refractivity (Wildman–Crippen MR) is 79.6 cm³/mol. The number of rotatable bonds is 3. The Labute approximate surface area is 119 Å². The van der Waals surface area contributed by atoms with Crippen LogP contribution in [0.25, 0.3) is 0 Å². The van der Waals surface area contributed by atoms with Crippen molar-refractivity contribution in [2.24, 2.45) is 0 Å². The average Bonchev–Trinajstić information content (AvgIpc) is 2.88. The van der Waals surface area contributed by atoms with E-state index >= 15 is 0 Å². The van der Waals surface area contributed by atoms with Crippen LogP contribution in [0.1, 0.15) is 30.0 Å². The maximum Gasteiger partial charge on any atom is 0.123 e. The third-order valence-corrected chi connectivity index (χ3v) is 3.96. The van der Waals surface area contributed by atoms with Gasteiger partial charge >= 0.3 is 0 Å². The Morgan fingerprint density at radius 2 is 1.95 bits per heavy atom. The molecule has 2 aromatic rings. The van der Waals surface area contributed by atoms with Gasteiger partial charge in [-0.05, 0) is 54.8 Å². The second-order valence-electron chi connectivity index (χ2n) is 5.43. The number of hydrogen-bond donors (Lipinski definition) is 1. The monoisotopic (exact) mass is 270 g/mol. The molecule has 1 unspecified atom stereocenters. The molecule has 1 atom stereocenters. The molecule has 20 heavy (non-hydrogen) atoms. The minimum Gasteiger partial charge on any atom is -0.399 e. The highest BCUT2D eigenvalue weighted by atomic mass is 19.1. The van der Waals surface area contributed by atoms with Gasteiger partial charge in [-0.3, -0.25) is 4.90 Å². The van der Waals surface area contributed by atoms with Crippen molar-refractivity contribution in [1.82, 2.24) is 4.90 Å². The van der Waals surface area contributed by atoms with Crippen LogP contribution in [0.3, 0.4) is 0 Å². The second-order valence-corrected chi connectivity index (χ2v) is 5.43. The van der Waals surface area contributed by atoms with E-state index in [1.807, 2.05) is 30.3 Å². The lowest BCUT2D eigenvalue weighted by atomic mass is 10.0. The molecule has 1 aliphatic rings. The number of nitrogens with two attached hydrogens (primary N) is 1. The van der Waals surface area contributed by atoms with Gasteiger partial charge in [0.1, 0.15) is 5.82 Å². The molecular formula is C17H19FN2. The van der Waals surface area contributed by atoms with Gasteiger partial charge in [-0.1, -0.05) is 24.3 Å². The summed E-state index contributed by atoms with van der Waals surface area (Å²) in [6.45, 7) is 1.98. The molecule has 0 bridgehead atoms. The molecule has 0 radical (unpaired) electrons. The molecule has 1 fully saturated rings. The molecule has 2 N–H and O–H groups in total. The van der Waals surface area contributed by atoms with Gasteiger partial charge in [0.15, 0.2) is 0 Å². The van der Waals surface area contributed by atoms with Gasteiger partial charge in [-0.25, -0.2) is 4.39 Å². The molecule has 0 spiro atoms. The van der Waals surface area contributed by atoms with E-state index in [0.717, 1.165) is 25.2 Å². The second kappa shape index (κ2) is 5.63. The van der Waals surface area contributed by atoms with Crippen molar-refractivity contribution in [3.8, 4) is 0 Å². The summed E-state index contributed by atoms with van der Waals surface area (Å²) in [4.78, 5) is 2.45. The highest BCUT2D eigenvalue weighted by Gasteiger charge is 2.25. The number of nitrogen functional groups attached to an aromatic ring is 1. The first-order valence-corrected chi connectivity index (χ1v) is 7.06. The third kappa shape index (κ3) is 2.83. The molecule has 2 nitrogen and oxygen atoms in total. The fourth-order valence-corrected chi connectivity index (χ4v) is 3.00. The van der Waals surface area contributed by atoms with Crippen LogP contribution >= 0.6 is 0 Å². The molecule has 3 rings (SSSR count). The summed E-state index contributed by atoms with van der Waals surface area (Å²) in [5.74, 6) is -0.172. The normalized spacial score (nSPS) is 19.4. The third-order valence-electron chi connectivity index (χ3n) is 3.96. The largest absolute Gasteiger partial charge is 0.399 e. The summed E-state index contributed by atoms with van der Waals surface area (Å²) < 4.78 is 13.0. The number of likely N-dealkylation sites (tertiary alicyclic amines) is 1. The summed E-state index contributed by atoms with van der Waals surface area (Å²) in [6.07, 6.45) is 2.32. The van der Waals surface area contributed by atoms with Gasteiger partial charge in [0.2, 0.25) is 0 Å². The Balaban J connectivity index is 1.77. The molecule has 104 valence electrons. The number of benzene rings is 2. The van der Waals surface area contributed by atoms with Crippen LogP contribution in [-0.4, -0.2) is 11.4 Å². The number of halogens is 1. The Hall–Kier alpha value is -1.87. The SMILES string of the molecule is Nc1cccc(CN2CCCC2c2ccc(F)cc2)c1. The van der Waals surface area contributed by atoms with Crippen LogP contribution in [0.2, 0.25) is 0 Å². The maximum atomic E-state index is 13.0. The van der Waals surface area contributed by atoms with E-state index in [1.54, 1.807) is 12.1 Å². The zero-order valence-corrected chi connectivity index (χ0v) is 11.4. The minimum atomic E-state index is -0.172. The first-order valence-electron chi connectivity index (χ1n) is 7.06. The molecule has 2 aromatic carbocycles. The standard InChI is InChI=1S/C17H19FN2/c18-15-8-6-14(7-9-15)17-5-2-10-20(17)12-13-3-1-4-16(19)11-13/h1,3-4,6-9,11,17H,2,5,10,12,19H2. The Morgan fingerprint density at radius 1 is 1.15 bits per heavy atom. The maximum absolute atomic E-state index is 13.0. The van der Waals surface area contributed by atoms with Gasteiger partial charge in [-0.2, -0.15) is 0 Å². The quantitative estimate of drug-likeness (QED) is 0.861. The zero-order valence-electron chi connectivity index (χ0n) is 11.4. The van der Waals surface area contributed by atoms with Crippen LogP contribution < -0.4 is 5.73 Å². The van der Waals surface area contributed by atoms with Gasteiger partial charge in [-0.15, -0.1) is 0 Å². The van der Waals surface area contributed by atoms with Crippen molar-refractivity contribution in [1.29, 1.82) is 0 Å². The first-order chi connectivity index (χ1) is 9.72. The number of nitrogens with zero attached hydrogens (tertiary/aromatic N) is 1. The van der Waals surface area contributed by atoms with E-state index in [4.69, 9.17) is 5.73 Å². The fourth-order valence-electron chi connectivity index (χ4n) is 3.00. The summed E-state index contributed by atoms with van der Waals surface area (Å²) in [6, 6.07) is 15.3. The lowest BCUT2D eigenvalue weighted by molar-refractivity contribution is 0.248. The van der Waals surface area contributed by atoms with Gasteiger partial charge in [0.25, 0.3) is 0 Å². The van der Waals surface area contributed by atoms with Crippen LogP contribution in [-0.2, 0) is 6.54 Å². The van der Waals surface area contributed by atoms with Crippen molar-refractivity contribution < 1.29 is 4.39 Å². The van der Waals surface area contributed by atoms with Crippen molar-refractivity contribution in [2.75, 3.05) is 12.3 Å². The van der Waals surface area contributed by atoms with Crippen molar-refractivity contribution in [2.45, 2.75) is 25.4 Å². The predicted octanol–water partition coefficient (Wildman–Crippen LogP) is 3.75. The Morgan fingerprint density at radius 3 is 2.70 bits per heavy atom. The summed E-state index contributed by atoms with van der Waals surface area (Å²) in [5, 5.41) is 0. The summed E-state index contributed by atoms with van der Waals surface area (Å²) in [7, 11) is 0. The molecule has 1 saturated heterocycles. The van der Waals surface area contributed by atoms with Crippen LogP contribution in [0.5, 0.6) is 0 Å². The molecule has 3 heteroatoms. The number of hydrogen-bond acceptors (Lipinski definition) is 2. The molecule has 0 aliphatic carbocycles. The number of anilines is 1. The highest BCUT2D eigenvalue weighted by Crippen LogP contribution is 2.33. The van der Waals surface area contributed by atoms with Crippen molar-refractivity contribution >= 4 is 5.69 Å².